The number of sulfonamides is 1. The number of amides is 2. The molecule has 2 amide bonds. The van der Waals surface area contributed by atoms with Crippen molar-refractivity contribution >= 4 is 16.1 Å². The van der Waals surface area contributed by atoms with Crippen LogP contribution in [0.25, 0.3) is 0 Å². The van der Waals surface area contributed by atoms with Crippen molar-refractivity contribution in [3.05, 3.63) is 64.7 Å². The third-order valence-corrected chi connectivity index (χ3v) is 6.81. The van der Waals surface area contributed by atoms with Crippen LogP contribution in [-0.2, 0) is 22.9 Å². The Morgan fingerprint density at radius 2 is 1.76 bits per heavy atom. The van der Waals surface area contributed by atoms with E-state index in [1.165, 1.54) is 5.56 Å². The Balaban J connectivity index is 1.74. The number of nitrogens with one attached hydrogen (secondary N) is 1. The molecule has 0 bridgehead atoms. The number of hydrogen-bond acceptors (Lipinski definition) is 3. The van der Waals surface area contributed by atoms with Gasteiger partial charge in [-0.05, 0) is 55.0 Å². The Bertz CT molecular complexity index is 936. The summed E-state index contributed by atoms with van der Waals surface area (Å²) in [7, 11) is -3.90. The highest BCUT2D eigenvalue weighted by atomic mass is 32.2. The minimum Gasteiger partial charge on any atom is -0.335 e. The highest BCUT2D eigenvalue weighted by molar-refractivity contribution is 7.89. The molecular formula is C19H20N2O3S. The SMILES string of the molecule is Cc1ccc(C2CNC(=O)N2S(=O)(=O)c2ccc3c(c2)CCC3)cc1. The number of fused-ring (bicyclic) bond motifs is 1. The zero-order valence-electron chi connectivity index (χ0n) is 14.0. The summed E-state index contributed by atoms with van der Waals surface area (Å²) in [5, 5.41) is 2.67. The van der Waals surface area contributed by atoms with Gasteiger partial charge in [0.1, 0.15) is 0 Å². The minimum atomic E-state index is -3.90. The van der Waals surface area contributed by atoms with Gasteiger partial charge in [-0.1, -0.05) is 35.9 Å². The number of hydrogen-bond donors (Lipinski definition) is 1. The van der Waals surface area contributed by atoms with Crippen LogP contribution < -0.4 is 5.32 Å². The lowest BCUT2D eigenvalue weighted by Gasteiger charge is -2.23. The fourth-order valence-corrected chi connectivity index (χ4v) is 5.20. The predicted octanol–water partition coefficient (Wildman–Crippen LogP) is 2.94. The highest BCUT2D eigenvalue weighted by Gasteiger charge is 2.41. The number of benzene rings is 2. The minimum absolute atomic E-state index is 0.197. The van der Waals surface area contributed by atoms with Gasteiger partial charge in [0, 0.05) is 6.54 Å². The van der Waals surface area contributed by atoms with E-state index in [0.29, 0.717) is 0 Å². The first-order chi connectivity index (χ1) is 12.0. The zero-order chi connectivity index (χ0) is 17.6. The maximum absolute atomic E-state index is 13.2. The van der Waals surface area contributed by atoms with Crippen molar-refractivity contribution in [1.82, 2.24) is 9.62 Å². The maximum atomic E-state index is 13.2. The summed E-state index contributed by atoms with van der Waals surface area (Å²) in [5.74, 6) is 0. The maximum Gasteiger partial charge on any atom is 0.332 e. The van der Waals surface area contributed by atoms with Gasteiger partial charge in [0.15, 0.2) is 0 Å². The smallest absolute Gasteiger partial charge is 0.332 e. The number of nitrogens with zero attached hydrogens (tertiary/aromatic N) is 1. The van der Waals surface area contributed by atoms with E-state index in [9.17, 15) is 13.2 Å². The summed E-state index contributed by atoms with van der Waals surface area (Å²) >= 11 is 0. The third kappa shape index (κ3) is 2.70. The molecule has 0 spiro atoms. The van der Waals surface area contributed by atoms with Crippen LogP contribution in [0.1, 0.15) is 34.7 Å². The van der Waals surface area contributed by atoms with Crippen molar-refractivity contribution in [1.29, 1.82) is 0 Å². The fraction of sp³-hybridized carbons (Fsp3) is 0.316. The standard InChI is InChI=1S/C19H20N2O3S/c1-13-5-7-15(8-6-13)18-12-20-19(22)21(18)25(23,24)17-10-9-14-3-2-4-16(14)11-17/h5-11,18H,2-4,12H2,1H3,(H,20,22). The second-order valence-electron chi connectivity index (χ2n) is 6.70. The number of carbonyl (C=O) groups is 1. The third-order valence-electron chi connectivity index (χ3n) is 5.02. The van der Waals surface area contributed by atoms with Crippen LogP contribution in [0.2, 0.25) is 0 Å². The van der Waals surface area contributed by atoms with Crippen LogP contribution in [0.4, 0.5) is 4.79 Å². The largest absolute Gasteiger partial charge is 0.335 e. The molecule has 1 aliphatic heterocycles. The average molecular weight is 356 g/mol. The molecule has 0 aromatic heterocycles. The Morgan fingerprint density at radius 1 is 1.04 bits per heavy atom. The Hall–Kier alpha value is -2.34. The van der Waals surface area contributed by atoms with Crippen molar-refractivity contribution in [3.63, 3.8) is 0 Å². The molecule has 1 atom stereocenters. The second kappa shape index (κ2) is 5.88. The summed E-state index contributed by atoms with van der Waals surface area (Å²) in [5.41, 5.74) is 4.19. The fourth-order valence-electron chi connectivity index (χ4n) is 3.63. The lowest BCUT2D eigenvalue weighted by molar-refractivity contribution is 0.231. The molecule has 2 aromatic rings. The van der Waals surface area contributed by atoms with Gasteiger partial charge in [0.25, 0.3) is 10.0 Å². The van der Waals surface area contributed by atoms with Crippen molar-refractivity contribution in [3.8, 4) is 0 Å². The topological polar surface area (TPSA) is 66.5 Å². The van der Waals surface area contributed by atoms with E-state index >= 15 is 0 Å². The van der Waals surface area contributed by atoms with E-state index in [-0.39, 0.29) is 11.4 Å². The molecule has 1 saturated heterocycles. The first-order valence-electron chi connectivity index (χ1n) is 8.47. The van der Waals surface area contributed by atoms with E-state index in [2.05, 4.69) is 5.32 Å². The van der Waals surface area contributed by atoms with E-state index in [4.69, 9.17) is 0 Å². The molecular weight excluding hydrogens is 336 g/mol. The van der Waals surface area contributed by atoms with E-state index in [1.54, 1.807) is 12.1 Å². The van der Waals surface area contributed by atoms with E-state index in [1.807, 2.05) is 37.3 Å². The number of rotatable bonds is 3. The molecule has 1 aliphatic carbocycles. The Labute approximate surface area is 147 Å². The summed E-state index contributed by atoms with van der Waals surface area (Å²) in [4.78, 5) is 12.5. The number of carbonyl (C=O) groups excluding carboxylic acids is 1. The van der Waals surface area contributed by atoms with Gasteiger partial charge in [0.05, 0.1) is 10.9 Å². The molecule has 1 unspecified atom stereocenters. The molecule has 6 heteroatoms. The zero-order valence-corrected chi connectivity index (χ0v) is 14.8. The van der Waals surface area contributed by atoms with Crippen LogP contribution in [0.3, 0.4) is 0 Å². The molecule has 2 aliphatic rings. The molecule has 2 aromatic carbocycles. The van der Waals surface area contributed by atoms with E-state index < -0.39 is 22.1 Å². The van der Waals surface area contributed by atoms with Crippen molar-refractivity contribution in [2.45, 2.75) is 37.1 Å². The lowest BCUT2D eigenvalue weighted by atomic mass is 10.1. The molecule has 4 rings (SSSR count). The Morgan fingerprint density at radius 3 is 2.52 bits per heavy atom. The highest BCUT2D eigenvalue weighted by Crippen LogP contribution is 2.33. The van der Waals surface area contributed by atoms with Gasteiger partial charge in [-0.2, -0.15) is 0 Å². The van der Waals surface area contributed by atoms with Crippen molar-refractivity contribution in [2.75, 3.05) is 6.54 Å². The van der Waals surface area contributed by atoms with Crippen LogP contribution in [-0.4, -0.2) is 25.3 Å². The first kappa shape index (κ1) is 16.1. The molecule has 1 heterocycles. The van der Waals surface area contributed by atoms with Crippen LogP contribution in [0.15, 0.2) is 47.4 Å². The van der Waals surface area contributed by atoms with Crippen LogP contribution >= 0.6 is 0 Å². The van der Waals surface area contributed by atoms with Crippen molar-refractivity contribution < 1.29 is 13.2 Å². The van der Waals surface area contributed by atoms with Gasteiger partial charge < -0.3 is 5.32 Å². The molecule has 0 radical (unpaired) electrons. The van der Waals surface area contributed by atoms with Gasteiger partial charge in [-0.15, -0.1) is 0 Å². The van der Waals surface area contributed by atoms with Crippen LogP contribution in [0.5, 0.6) is 0 Å². The first-order valence-corrected chi connectivity index (χ1v) is 9.91. The molecule has 1 N–H and O–H groups in total. The molecule has 25 heavy (non-hydrogen) atoms. The summed E-state index contributed by atoms with van der Waals surface area (Å²) in [6.45, 7) is 2.26. The van der Waals surface area contributed by atoms with Crippen LogP contribution in [0, 0.1) is 6.92 Å². The summed E-state index contributed by atoms with van der Waals surface area (Å²) < 4.78 is 27.3. The molecule has 0 saturated carbocycles. The molecule has 1 fully saturated rings. The van der Waals surface area contributed by atoms with Crippen molar-refractivity contribution in [2.24, 2.45) is 0 Å². The lowest BCUT2D eigenvalue weighted by Crippen LogP contribution is -2.36. The van der Waals surface area contributed by atoms with Gasteiger partial charge in [-0.3, -0.25) is 0 Å². The summed E-state index contributed by atoms with van der Waals surface area (Å²) in [6, 6.07) is 11.8. The summed E-state index contributed by atoms with van der Waals surface area (Å²) in [6.07, 6.45) is 2.94. The average Bonchev–Trinajstić information content (AvgIpc) is 3.21. The monoisotopic (exact) mass is 356 g/mol. The molecule has 130 valence electrons. The number of aryl methyl sites for hydroxylation is 3. The van der Waals surface area contributed by atoms with E-state index in [0.717, 1.165) is 40.3 Å². The normalized spacial score (nSPS) is 19.8. The van der Waals surface area contributed by atoms with Gasteiger partial charge in [-0.25, -0.2) is 17.5 Å². The Kier molecular flexibility index (Phi) is 3.80. The number of urea groups is 1. The quantitative estimate of drug-likeness (QED) is 0.919. The van der Waals surface area contributed by atoms with Gasteiger partial charge in [0.2, 0.25) is 0 Å². The molecule has 5 nitrogen and oxygen atoms in total. The second-order valence-corrected chi connectivity index (χ2v) is 8.51. The van der Waals surface area contributed by atoms with Gasteiger partial charge >= 0.3 is 6.03 Å². The predicted molar refractivity (Wildman–Crippen MR) is 94.8 cm³/mol.